The highest BCUT2D eigenvalue weighted by molar-refractivity contribution is 7.22. The van der Waals surface area contributed by atoms with Crippen LogP contribution in [-0.2, 0) is 0 Å². The molecule has 0 aliphatic rings. The molecule has 2 nitrogen and oxygen atoms in total. The number of hydrogen-bond donors (Lipinski definition) is 1. The van der Waals surface area contributed by atoms with Crippen molar-refractivity contribution >= 4 is 26.7 Å². The Morgan fingerprint density at radius 1 is 1.46 bits per heavy atom. The van der Waals surface area contributed by atoms with E-state index in [4.69, 9.17) is 5.73 Å². The van der Waals surface area contributed by atoms with Crippen LogP contribution in [0.1, 0.15) is 11.1 Å². The Balaban J connectivity index is 2.95. The SMILES string of the molecule is Cc1c(F)cc(C)c2sc(N)nc12. The summed E-state index contributed by atoms with van der Waals surface area (Å²) in [6, 6.07) is 1.52. The first-order chi connectivity index (χ1) is 6.09. The zero-order valence-electron chi connectivity index (χ0n) is 7.39. The van der Waals surface area contributed by atoms with Crippen LogP contribution in [0, 0.1) is 19.7 Å². The summed E-state index contributed by atoms with van der Waals surface area (Å²) in [5.41, 5.74) is 7.73. The quantitative estimate of drug-likeness (QED) is 0.703. The lowest BCUT2D eigenvalue weighted by Gasteiger charge is -1.99. The van der Waals surface area contributed by atoms with Crippen LogP contribution in [0.4, 0.5) is 9.52 Å². The van der Waals surface area contributed by atoms with Crippen molar-refractivity contribution in [2.45, 2.75) is 13.8 Å². The molecule has 0 radical (unpaired) electrons. The van der Waals surface area contributed by atoms with E-state index >= 15 is 0 Å². The molecule has 13 heavy (non-hydrogen) atoms. The maximum Gasteiger partial charge on any atom is 0.181 e. The predicted octanol–water partition coefficient (Wildman–Crippen LogP) is 2.63. The van der Waals surface area contributed by atoms with Crippen LogP contribution in [0.5, 0.6) is 0 Å². The minimum absolute atomic E-state index is 0.213. The van der Waals surface area contributed by atoms with Crippen LogP contribution in [-0.4, -0.2) is 4.98 Å². The molecule has 0 aliphatic heterocycles. The molecule has 0 bridgehead atoms. The highest BCUT2D eigenvalue weighted by Crippen LogP contribution is 2.30. The van der Waals surface area contributed by atoms with Crippen LogP contribution in [0.2, 0.25) is 0 Å². The molecule has 0 spiro atoms. The number of nitrogens with zero attached hydrogens (tertiary/aromatic N) is 1. The monoisotopic (exact) mass is 196 g/mol. The van der Waals surface area contributed by atoms with Crippen molar-refractivity contribution in [1.82, 2.24) is 4.98 Å². The van der Waals surface area contributed by atoms with E-state index in [0.717, 1.165) is 10.3 Å². The molecule has 2 rings (SSSR count). The van der Waals surface area contributed by atoms with Gasteiger partial charge in [0.05, 0.1) is 10.2 Å². The van der Waals surface area contributed by atoms with E-state index in [1.54, 1.807) is 6.92 Å². The van der Waals surface area contributed by atoms with Crippen molar-refractivity contribution in [3.05, 3.63) is 23.0 Å². The van der Waals surface area contributed by atoms with E-state index in [2.05, 4.69) is 4.98 Å². The Labute approximate surface area is 79.2 Å². The Morgan fingerprint density at radius 2 is 2.15 bits per heavy atom. The van der Waals surface area contributed by atoms with Gasteiger partial charge in [-0.2, -0.15) is 0 Å². The molecule has 2 aromatic rings. The Hall–Kier alpha value is -1.16. The van der Waals surface area contributed by atoms with E-state index in [-0.39, 0.29) is 5.82 Å². The lowest BCUT2D eigenvalue weighted by molar-refractivity contribution is 0.619. The summed E-state index contributed by atoms with van der Waals surface area (Å²) in [7, 11) is 0. The van der Waals surface area contributed by atoms with Crippen LogP contribution < -0.4 is 5.73 Å². The van der Waals surface area contributed by atoms with Gasteiger partial charge in [0.2, 0.25) is 0 Å². The summed E-state index contributed by atoms with van der Waals surface area (Å²) < 4.78 is 14.2. The summed E-state index contributed by atoms with van der Waals surface area (Å²) in [5, 5.41) is 0.492. The molecule has 0 amide bonds. The van der Waals surface area contributed by atoms with Crippen molar-refractivity contribution < 1.29 is 4.39 Å². The topological polar surface area (TPSA) is 38.9 Å². The molecule has 2 N–H and O–H groups in total. The summed E-state index contributed by atoms with van der Waals surface area (Å²) in [4.78, 5) is 4.09. The van der Waals surface area contributed by atoms with Crippen LogP contribution in [0.25, 0.3) is 10.2 Å². The number of nitrogens with two attached hydrogens (primary N) is 1. The number of anilines is 1. The largest absolute Gasteiger partial charge is 0.375 e. The molecule has 0 saturated carbocycles. The third-order valence-electron chi connectivity index (χ3n) is 2.06. The second kappa shape index (κ2) is 2.67. The smallest absolute Gasteiger partial charge is 0.181 e. The number of hydrogen-bond acceptors (Lipinski definition) is 3. The first kappa shape index (κ1) is 8.44. The Bertz CT molecular complexity index is 476. The zero-order chi connectivity index (χ0) is 9.59. The average Bonchev–Trinajstić information content (AvgIpc) is 2.44. The standard InChI is InChI=1S/C9H9FN2S/c1-4-3-6(10)5(2)7-8(4)13-9(11)12-7/h3H,1-2H3,(H2,11,12). The highest BCUT2D eigenvalue weighted by Gasteiger charge is 2.10. The number of rotatable bonds is 0. The zero-order valence-corrected chi connectivity index (χ0v) is 8.20. The lowest BCUT2D eigenvalue weighted by atomic mass is 10.1. The molecule has 1 aromatic carbocycles. The van der Waals surface area contributed by atoms with Gasteiger partial charge in [0.15, 0.2) is 5.13 Å². The molecule has 1 heterocycles. The van der Waals surface area contributed by atoms with Crippen molar-refractivity contribution in [1.29, 1.82) is 0 Å². The molecule has 68 valence electrons. The number of benzene rings is 1. The number of halogens is 1. The number of aryl methyl sites for hydroxylation is 2. The van der Waals surface area contributed by atoms with Gasteiger partial charge in [-0.15, -0.1) is 0 Å². The fraction of sp³-hybridized carbons (Fsp3) is 0.222. The molecular weight excluding hydrogens is 187 g/mol. The highest BCUT2D eigenvalue weighted by atomic mass is 32.1. The van der Waals surface area contributed by atoms with Crippen LogP contribution in [0.3, 0.4) is 0 Å². The normalized spacial score (nSPS) is 11.0. The van der Waals surface area contributed by atoms with Gasteiger partial charge >= 0.3 is 0 Å². The summed E-state index contributed by atoms with van der Waals surface area (Å²) >= 11 is 1.40. The molecule has 0 atom stereocenters. The molecule has 4 heteroatoms. The number of fused-ring (bicyclic) bond motifs is 1. The average molecular weight is 196 g/mol. The molecular formula is C9H9FN2S. The van der Waals surface area contributed by atoms with Crippen molar-refractivity contribution in [2.75, 3.05) is 5.73 Å². The summed E-state index contributed by atoms with van der Waals surface area (Å²) in [5.74, 6) is -0.213. The number of nitrogen functional groups attached to an aromatic ring is 1. The maximum atomic E-state index is 13.2. The summed E-state index contributed by atoms with van der Waals surface area (Å²) in [6.45, 7) is 3.58. The van der Waals surface area contributed by atoms with Gasteiger partial charge < -0.3 is 5.73 Å². The fourth-order valence-electron chi connectivity index (χ4n) is 1.34. The van der Waals surface area contributed by atoms with Gasteiger partial charge in [-0.1, -0.05) is 11.3 Å². The number of aromatic nitrogens is 1. The van der Waals surface area contributed by atoms with Gasteiger partial charge in [-0.3, -0.25) is 0 Å². The molecule has 1 aromatic heterocycles. The van der Waals surface area contributed by atoms with Gasteiger partial charge in [-0.05, 0) is 25.5 Å². The van der Waals surface area contributed by atoms with E-state index in [0.29, 0.717) is 16.2 Å². The second-order valence-corrected chi connectivity index (χ2v) is 4.06. The van der Waals surface area contributed by atoms with Crippen molar-refractivity contribution in [3.63, 3.8) is 0 Å². The minimum atomic E-state index is -0.213. The lowest BCUT2D eigenvalue weighted by Crippen LogP contribution is -1.87. The molecule has 0 aliphatic carbocycles. The van der Waals surface area contributed by atoms with Crippen LogP contribution >= 0.6 is 11.3 Å². The third kappa shape index (κ3) is 1.18. The van der Waals surface area contributed by atoms with Gasteiger partial charge in [0.25, 0.3) is 0 Å². The first-order valence-electron chi connectivity index (χ1n) is 3.91. The Kier molecular flexibility index (Phi) is 1.73. The second-order valence-electron chi connectivity index (χ2n) is 3.03. The minimum Gasteiger partial charge on any atom is -0.375 e. The van der Waals surface area contributed by atoms with E-state index in [9.17, 15) is 4.39 Å². The van der Waals surface area contributed by atoms with E-state index < -0.39 is 0 Å². The van der Waals surface area contributed by atoms with Gasteiger partial charge in [0.1, 0.15) is 5.82 Å². The van der Waals surface area contributed by atoms with Crippen molar-refractivity contribution in [3.8, 4) is 0 Å². The number of thiazole rings is 1. The van der Waals surface area contributed by atoms with E-state index in [1.165, 1.54) is 17.4 Å². The maximum absolute atomic E-state index is 13.2. The predicted molar refractivity (Wildman–Crippen MR) is 53.5 cm³/mol. The molecule has 0 saturated heterocycles. The molecule has 0 unspecified atom stereocenters. The first-order valence-corrected chi connectivity index (χ1v) is 4.73. The molecule has 0 fully saturated rings. The van der Waals surface area contributed by atoms with E-state index in [1.807, 2.05) is 6.92 Å². The van der Waals surface area contributed by atoms with Gasteiger partial charge in [-0.25, -0.2) is 9.37 Å². The Morgan fingerprint density at radius 3 is 2.85 bits per heavy atom. The van der Waals surface area contributed by atoms with Crippen LogP contribution in [0.15, 0.2) is 6.07 Å². The summed E-state index contributed by atoms with van der Waals surface area (Å²) in [6.07, 6.45) is 0. The fourth-order valence-corrected chi connectivity index (χ4v) is 2.20. The van der Waals surface area contributed by atoms with Crippen molar-refractivity contribution in [2.24, 2.45) is 0 Å². The third-order valence-corrected chi connectivity index (χ3v) is 3.08. The van der Waals surface area contributed by atoms with Gasteiger partial charge in [0, 0.05) is 5.56 Å².